The van der Waals surface area contributed by atoms with E-state index in [4.69, 9.17) is 4.18 Å². The maximum absolute atomic E-state index is 12.6. The molecule has 0 saturated heterocycles. The molecule has 2 aromatic carbocycles. The highest BCUT2D eigenvalue weighted by Gasteiger charge is 2.17. The second kappa shape index (κ2) is 19.7. The van der Waals surface area contributed by atoms with Gasteiger partial charge < -0.3 is 6.15 Å². The van der Waals surface area contributed by atoms with Gasteiger partial charge in [0.05, 0.1) is 6.61 Å². The molecule has 0 unspecified atom stereocenters. The van der Waals surface area contributed by atoms with Crippen LogP contribution in [0.25, 0.3) is 10.8 Å². The zero-order chi connectivity index (χ0) is 24.3. The van der Waals surface area contributed by atoms with Crippen LogP contribution in [0.15, 0.2) is 47.4 Å². The zero-order valence-corrected chi connectivity index (χ0v) is 23.1. The molecule has 0 fully saturated rings. The summed E-state index contributed by atoms with van der Waals surface area (Å²) in [5, 5.41) is 1.64. The summed E-state index contributed by atoms with van der Waals surface area (Å²) >= 11 is 0. The predicted molar refractivity (Wildman–Crippen MR) is 151 cm³/mol. The van der Waals surface area contributed by atoms with Crippen molar-refractivity contribution in [2.75, 3.05) is 6.61 Å². The minimum absolute atomic E-state index is 0. The Morgan fingerprint density at radius 1 is 0.571 bits per heavy atom. The van der Waals surface area contributed by atoms with Gasteiger partial charge in [0.1, 0.15) is 4.90 Å². The smallest absolute Gasteiger partial charge is 0.297 e. The van der Waals surface area contributed by atoms with Gasteiger partial charge in [0, 0.05) is 5.39 Å². The number of fused-ring (bicyclic) bond motifs is 1. The fraction of sp³-hybridized carbons (Fsp3) is 0.667. The molecule has 2 aromatic rings. The molecule has 0 bridgehead atoms. The van der Waals surface area contributed by atoms with Crippen LogP contribution in [0, 0.1) is 0 Å². The van der Waals surface area contributed by atoms with Gasteiger partial charge in [-0.3, -0.25) is 4.18 Å². The van der Waals surface area contributed by atoms with Crippen molar-refractivity contribution in [3.8, 4) is 0 Å². The van der Waals surface area contributed by atoms with E-state index in [1.807, 2.05) is 30.3 Å². The molecule has 0 aliphatic rings. The van der Waals surface area contributed by atoms with Crippen LogP contribution in [0.4, 0.5) is 0 Å². The Bertz CT molecular complexity index is 877. The lowest BCUT2D eigenvalue weighted by Crippen LogP contribution is -2.08. The molecule has 3 N–H and O–H groups in total. The monoisotopic (exact) mass is 505 g/mol. The molecule has 0 spiro atoms. The standard InChI is InChI=1S/C30H48O3S.H3N/c1-2-3-4-5-6-7-8-9-10-11-12-13-14-15-16-17-18-21-27-33-34(31,32)30-26-22-24-28-23-19-20-25-29(28)30;/h19-20,22-26H,2-18,21,27H2,1H3;1H3. The van der Waals surface area contributed by atoms with Crippen molar-refractivity contribution < 1.29 is 12.6 Å². The molecule has 0 aliphatic carbocycles. The van der Waals surface area contributed by atoms with Crippen LogP contribution in [-0.2, 0) is 14.3 Å². The van der Waals surface area contributed by atoms with Crippen LogP contribution in [0.3, 0.4) is 0 Å². The van der Waals surface area contributed by atoms with Gasteiger partial charge >= 0.3 is 0 Å². The van der Waals surface area contributed by atoms with E-state index >= 15 is 0 Å². The van der Waals surface area contributed by atoms with Gasteiger partial charge in [0.2, 0.25) is 0 Å². The van der Waals surface area contributed by atoms with Crippen LogP contribution in [0.5, 0.6) is 0 Å². The maximum Gasteiger partial charge on any atom is 0.297 e. The van der Waals surface area contributed by atoms with Crippen molar-refractivity contribution in [3.05, 3.63) is 42.5 Å². The number of rotatable bonds is 21. The van der Waals surface area contributed by atoms with Gasteiger partial charge in [-0.1, -0.05) is 152 Å². The van der Waals surface area contributed by atoms with E-state index in [-0.39, 0.29) is 17.7 Å². The molecule has 0 saturated carbocycles. The molecule has 0 aliphatic heterocycles. The first-order valence-corrected chi connectivity index (χ1v) is 15.4. The molecule has 0 heterocycles. The highest BCUT2D eigenvalue weighted by Crippen LogP contribution is 2.24. The quantitative estimate of drug-likeness (QED) is 0.135. The van der Waals surface area contributed by atoms with E-state index in [0.29, 0.717) is 0 Å². The van der Waals surface area contributed by atoms with E-state index in [0.717, 1.165) is 30.0 Å². The van der Waals surface area contributed by atoms with Crippen LogP contribution in [0.2, 0.25) is 0 Å². The highest BCUT2D eigenvalue weighted by molar-refractivity contribution is 7.87. The predicted octanol–water partition coefficient (Wildman–Crippen LogP) is 9.75. The van der Waals surface area contributed by atoms with E-state index in [9.17, 15) is 8.42 Å². The Labute approximate surface area is 215 Å². The molecule has 5 heteroatoms. The molecule has 0 atom stereocenters. The largest absolute Gasteiger partial charge is 0.344 e. The first-order valence-electron chi connectivity index (χ1n) is 14.0. The van der Waals surface area contributed by atoms with Crippen molar-refractivity contribution in [3.63, 3.8) is 0 Å². The first-order chi connectivity index (χ1) is 16.6. The average molecular weight is 506 g/mol. The Kier molecular flexibility index (Phi) is 17.8. The van der Waals surface area contributed by atoms with Crippen molar-refractivity contribution >= 4 is 20.9 Å². The Hall–Kier alpha value is -1.43. The SMILES string of the molecule is CCCCCCCCCCCCCCCCCCCCOS(=O)(=O)c1cccc2ccccc12.N. The van der Waals surface area contributed by atoms with E-state index in [2.05, 4.69) is 6.92 Å². The fourth-order valence-electron chi connectivity index (χ4n) is 4.65. The van der Waals surface area contributed by atoms with Crippen LogP contribution < -0.4 is 6.15 Å². The van der Waals surface area contributed by atoms with Gasteiger partial charge in [-0.05, 0) is 17.9 Å². The molecule has 35 heavy (non-hydrogen) atoms. The summed E-state index contributed by atoms with van der Waals surface area (Å²) in [6, 6.07) is 12.9. The lowest BCUT2D eigenvalue weighted by Gasteiger charge is -2.08. The topological polar surface area (TPSA) is 78.4 Å². The summed E-state index contributed by atoms with van der Waals surface area (Å²) < 4.78 is 30.5. The summed E-state index contributed by atoms with van der Waals surface area (Å²) in [6.07, 6.45) is 23.8. The van der Waals surface area contributed by atoms with Gasteiger partial charge in [0.25, 0.3) is 10.1 Å². The lowest BCUT2D eigenvalue weighted by atomic mass is 10.0. The molecule has 200 valence electrons. The highest BCUT2D eigenvalue weighted by atomic mass is 32.2. The molecule has 0 radical (unpaired) electrons. The molecular weight excluding hydrogens is 454 g/mol. The number of unbranched alkanes of at least 4 members (excludes halogenated alkanes) is 17. The summed E-state index contributed by atoms with van der Waals surface area (Å²) in [5.41, 5.74) is 0. The maximum atomic E-state index is 12.6. The van der Waals surface area contributed by atoms with Crippen LogP contribution in [-0.4, -0.2) is 15.0 Å². The normalized spacial score (nSPS) is 11.6. The van der Waals surface area contributed by atoms with Gasteiger partial charge in [-0.25, -0.2) is 0 Å². The third-order valence-corrected chi connectivity index (χ3v) is 8.13. The van der Waals surface area contributed by atoms with Crippen LogP contribution >= 0.6 is 0 Å². The van der Waals surface area contributed by atoms with Crippen molar-refractivity contribution in [2.24, 2.45) is 0 Å². The minimum atomic E-state index is -3.71. The number of hydrogen-bond donors (Lipinski definition) is 1. The second-order valence-electron chi connectivity index (χ2n) is 9.76. The third kappa shape index (κ3) is 13.5. The molecule has 2 rings (SSSR count). The lowest BCUT2D eigenvalue weighted by molar-refractivity contribution is 0.306. The summed E-state index contributed by atoms with van der Waals surface area (Å²) in [7, 11) is -3.71. The fourth-order valence-corrected chi connectivity index (χ4v) is 5.81. The Morgan fingerprint density at radius 2 is 1.00 bits per heavy atom. The Morgan fingerprint density at radius 3 is 1.51 bits per heavy atom. The van der Waals surface area contributed by atoms with Crippen LogP contribution in [0.1, 0.15) is 122 Å². The summed E-state index contributed by atoms with van der Waals surface area (Å²) in [6.45, 7) is 2.55. The van der Waals surface area contributed by atoms with Crippen molar-refractivity contribution in [1.29, 1.82) is 0 Å². The Balaban J connectivity index is 0.00000612. The molecule has 0 amide bonds. The van der Waals surface area contributed by atoms with E-state index in [1.165, 1.54) is 96.3 Å². The number of benzene rings is 2. The van der Waals surface area contributed by atoms with Gasteiger partial charge in [-0.2, -0.15) is 8.42 Å². The second-order valence-corrected chi connectivity index (χ2v) is 11.3. The van der Waals surface area contributed by atoms with Crippen molar-refractivity contribution in [2.45, 2.75) is 127 Å². The van der Waals surface area contributed by atoms with E-state index in [1.54, 1.807) is 12.1 Å². The molecular formula is C30H51NO3S. The molecule has 4 nitrogen and oxygen atoms in total. The molecule has 0 aromatic heterocycles. The average Bonchev–Trinajstić information content (AvgIpc) is 2.85. The number of hydrogen-bond acceptors (Lipinski definition) is 4. The zero-order valence-electron chi connectivity index (χ0n) is 22.3. The van der Waals surface area contributed by atoms with Crippen molar-refractivity contribution in [1.82, 2.24) is 6.15 Å². The third-order valence-electron chi connectivity index (χ3n) is 6.76. The summed E-state index contributed by atoms with van der Waals surface area (Å²) in [5.74, 6) is 0. The minimum Gasteiger partial charge on any atom is -0.344 e. The van der Waals surface area contributed by atoms with E-state index < -0.39 is 10.1 Å². The van der Waals surface area contributed by atoms with Gasteiger partial charge in [0.15, 0.2) is 0 Å². The summed E-state index contributed by atoms with van der Waals surface area (Å²) in [4.78, 5) is 0.271. The van der Waals surface area contributed by atoms with Gasteiger partial charge in [-0.15, -0.1) is 0 Å². The first kappa shape index (κ1) is 31.6.